The number of nitriles is 1. The van der Waals surface area contributed by atoms with E-state index in [9.17, 15) is 5.26 Å². The molecule has 2 nitrogen and oxygen atoms in total. The molecule has 1 fully saturated rings. The molecule has 1 saturated heterocycles. The van der Waals surface area contributed by atoms with E-state index in [1.807, 2.05) is 0 Å². The van der Waals surface area contributed by atoms with Gasteiger partial charge in [-0.1, -0.05) is 49.4 Å². The minimum absolute atomic E-state index is 0.372. The number of hydrogen-bond donors (Lipinski definition) is 0. The maximum Gasteiger partial charge on any atom is 0.0837 e. The molecule has 0 unspecified atom stereocenters. The molecule has 2 aromatic rings. The molecular formula is C20H24N2. The van der Waals surface area contributed by atoms with Crippen LogP contribution in [0.3, 0.4) is 0 Å². The average molecular weight is 292 g/mol. The number of hydrogen-bond acceptors (Lipinski definition) is 2. The predicted molar refractivity (Wildman–Crippen MR) is 91.8 cm³/mol. The Bertz CT molecular complexity index is 674. The molecule has 0 bridgehead atoms. The number of fused-ring (bicyclic) bond motifs is 1. The van der Waals surface area contributed by atoms with Crippen LogP contribution >= 0.6 is 0 Å². The smallest absolute Gasteiger partial charge is 0.0837 e. The first-order chi connectivity index (χ1) is 10.8. The van der Waals surface area contributed by atoms with Crippen LogP contribution in [-0.2, 0) is 5.41 Å². The van der Waals surface area contributed by atoms with Crippen LogP contribution in [0.15, 0.2) is 42.5 Å². The summed E-state index contributed by atoms with van der Waals surface area (Å²) in [6.45, 7) is 5.57. The van der Waals surface area contributed by atoms with Gasteiger partial charge < -0.3 is 4.90 Å². The van der Waals surface area contributed by atoms with Gasteiger partial charge in [0.2, 0.25) is 0 Å². The lowest BCUT2D eigenvalue weighted by Gasteiger charge is -2.29. The lowest BCUT2D eigenvalue weighted by Crippen LogP contribution is -2.31. The molecule has 0 spiro atoms. The molecule has 1 heterocycles. The second-order valence-electron chi connectivity index (χ2n) is 6.37. The van der Waals surface area contributed by atoms with Crippen molar-refractivity contribution >= 4 is 10.8 Å². The van der Waals surface area contributed by atoms with Gasteiger partial charge in [-0.25, -0.2) is 0 Å². The molecule has 0 amide bonds. The number of rotatable bonds is 5. The molecule has 2 heteroatoms. The summed E-state index contributed by atoms with van der Waals surface area (Å²) in [5.74, 6) is 0. The molecule has 22 heavy (non-hydrogen) atoms. The molecule has 0 aromatic heterocycles. The highest BCUT2D eigenvalue weighted by Crippen LogP contribution is 2.36. The monoisotopic (exact) mass is 292 g/mol. The third kappa shape index (κ3) is 2.74. The largest absolute Gasteiger partial charge is 0.303 e. The average Bonchev–Trinajstić information content (AvgIpc) is 3.10. The van der Waals surface area contributed by atoms with Crippen LogP contribution in [0.4, 0.5) is 0 Å². The van der Waals surface area contributed by atoms with Crippen LogP contribution in [0.1, 0.15) is 38.2 Å². The molecule has 0 saturated carbocycles. The van der Waals surface area contributed by atoms with Crippen molar-refractivity contribution in [3.05, 3.63) is 48.0 Å². The van der Waals surface area contributed by atoms with E-state index in [1.165, 1.54) is 42.3 Å². The Hall–Kier alpha value is -1.85. The van der Waals surface area contributed by atoms with Crippen LogP contribution < -0.4 is 0 Å². The second kappa shape index (κ2) is 6.50. The Kier molecular flexibility index (Phi) is 4.45. The zero-order chi connectivity index (χ0) is 15.4. The first kappa shape index (κ1) is 15.1. The van der Waals surface area contributed by atoms with E-state index in [0.29, 0.717) is 0 Å². The standard InChI is InChI=1S/C20H24N2/c1-2-20(16-21,12-15-22-13-5-6-14-22)19-11-7-9-17-8-3-4-10-18(17)19/h3-4,7-11H,2,5-6,12-15H2,1H3/t20-/m0/s1. The molecular weight excluding hydrogens is 268 g/mol. The van der Waals surface area contributed by atoms with E-state index < -0.39 is 0 Å². The van der Waals surface area contributed by atoms with Crippen molar-refractivity contribution in [1.29, 1.82) is 5.26 Å². The van der Waals surface area contributed by atoms with Crippen LogP contribution in [0.25, 0.3) is 10.8 Å². The first-order valence-electron chi connectivity index (χ1n) is 8.41. The lowest BCUT2D eigenvalue weighted by atomic mass is 9.74. The van der Waals surface area contributed by atoms with Crippen LogP contribution in [0.2, 0.25) is 0 Å². The van der Waals surface area contributed by atoms with Gasteiger partial charge in [-0.15, -0.1) is 0 Å². The van der Waals surface area contributed by atoms with Gasteiger partial charge >= 0.3 is 0 Å². The van der Waals surface area contributed by atoms with Crippen molar-refractivity contribution in [3.8, 4) is 6.07 Å². The summed E-state index contributed by atoms with van der Waals surface area (Å²) in [6.07, 6.45) is 4.40. The molecule has 0 N–H and O–H groups in total. The minimum Gasteiger partial charge on any atom is -0.303 e. The second-order valence-corrected chi connectivity index (χ2v) is 6.37. The summed E-state index contributed by atoms with van der Waals surface area (Å²) in [7, 11) is 0. The van der Waals surface area contributed by atoms with Crippen LogP contribution in [0, 0.1) is 11.3 Å². The normalized spacial score (nSPS) is 18.2. The number of likely N-dealkylation sites (tertiary alicyclic amines) is 1. The van der Waals surface area contributed by atoms with E-state index in [-0.39, 0.29) is 5.41 Å². The van der Waals surface area contributed by atoms with Gasteiger partial charge in [-0.3, -0.25) is 0 Å². The Morgan fingerprint density at radius 1 is 1.09 bits per heavy atom. The summed E-state index contributed by atoms with van der Waals surface area (Å²) in [6, 6.07) is 17.5. The summed E-state index contributed by atoms with van der Waals surface area (Å²) in [4.78, 5) is 2.51. The zero-order valence-electron chi connectivity index (χ0n) is 13.4. The maximum absolute atomic E-state index is 9.99. The Morgan fingerprint density at radius 3 is 2.55 bits per heavy atom. The predicted octanol–water partition coefficient (Wildman–Crippen LogP) is 4.50. The van der Waals surface area contributed by atoms with Crippen LogP contribution in [-0.4, -0.2) is 24.5 Å². The van der Waals surface area contributed by atoms with Gasteiger partial charge in [0.15, 0.2) is 0 Å². The number of benzene rings is 2. The molecule has 2 aromatic carbocycles. The minimum atomic E-state index is -0.372. The fourth-order valence-corrected chi connectivity index (χ4v) is 3.69. The quantitative estimate of drug-likeness (QED) is 0.811. The van der Waals surface area contributed by atoms with Crippen molar-refractivity contribution < 1.29 is 0 Å². The van der Waals surface area contributed by atoms with Crippen molar-refractivity contribution in [2.75, 3.05) is 19.6 Å². The fourth-order valence-electron chi connectivity index (χ4n) is 3.69. The lowest BCUT2D eigenvalue weighted by molar-refractivity contribution is 0.301. The zero-order valence-corrected chi connectivity index (χ0v) is 13.4. The molecule has 1 aliphatic heterocycles. The topological polar surface area (TPSA) is 27.0 Å². The van der Waals surface area contributed by atoms with E-state index in [4.69, 9.17) is 0 Å². The van der Waals surface area contributed by atoms with E-state index in [2.05, 4.69) is 60.4 Å². The van der Waals surface area contributed by atoms with Crippen molar-refractivity contribution in [3.63, 3.8) is 0 Å². The Labute approximate surface area is 133 Å². The Balaban J connectivity index is 1.96. The van der Waals surface area contributed by atoms with Gasteiger partial charge in [0.1, 0.15) is 0 Å². The molecule has 0 radical (unpaired) electrons. The molecule has 1 aliphatic rings. The third-order valence-electron chi connectivity index (χ3n) is 5.18. The van der Waals surface area contributed by atoms with E-state index in [0.717, 1.165) is 19.4 Å². The van der Waals surface area contributed by atoms with Crippen molar-refractivity contribution in [1.82, 2.24) is 4.90 Å². The van der Waals surface area contributed by atoms with Gasteiger partial charge in [0.25, 0.3) is 0 Å². The van der Waals surface area contributed by atoms with Crippen molar-refractivity contribution in [2.24, 2.45) is 0 Å². The summed E-state index contributed by atoms with van der Waals surface area (Å²) >= 11 is 0. The Morgan fingerprint density at radius 2 is 1.82 bits per heavy atom. The molecule has 114 valence electrons. The maximum atomic E-state index is 9.99. The summed E-state index contributed by atoms with van der Waals surface area (Å²) < 4.78 is 0. The molecule has 3 rings (SSSR count). The molecule has 0 aliphatic carbocycles. The highest BCUT2D eigenvalue weighted by atomic mass is 15.1. The summed E-state index contributed by atoms with van der Waals surface area (Å²) in [5.41, 5.74) is 0.832. The van der Waals surface area contributed by atoms with Gasteiger partial charge in [-0.05, 0) is 61.7 Å². The van der Waals surface area contributed by atoms with Gasteiger partial charge in [0, 0.05) is 0 Å². The highest BCUT2D eigenvalue weighted by molar-refractivity contribution is 5.87. The fraction of sp³-hybridized carbons (Fsp3) is 0.450. The SMILES string of the molecule is CC[C@@](C#N)(CCN1CCCC1)c1cccc2ccccc12. The third-order valence-corrected chi connectivity index (χ3v) is 5.18. The summed E-state index contributed by atoms with van der Waals surface area (Å²) in [5, 5.41) is 12.5. The highest BCUT2D eigenvalue weighted by Gasteiger charge is 2.32. The number of nitrogens with zero attached hydrogens (tertiary/aromatic N) is 2. The van der Waals surface area contributed by atoms with Gasteiger partial charge in [0.05, 0.1) is 11.5 Å². The first-order valence-corrected chi connectivity index (χ1v) is 8.41. The van der Waals surface area contributed by atoms with Crippen molar-refractivity contribution in [2.45, 2.75) is 38.0 Å². The van der Waals surface area contributed by atoms with E-state index in [1.54, 1.807) is 0 Å². The van der Waals surface area contributed by atoms with Gasteiger partial charge in [-0.2, -0.15) is 5.26 Å². The molecule has 1 atom stereocenters. The van der Waals surface area contributed by atoms with Crippen LogP contribution in [0.5, 0.6) is 0 Å². The van der Waals surface area contributed by atoms with E-state index >= 15 is 0 Å².